The summed E-state index contributed by atoms with van der Waals surface area (Å²) < 4.78 is 13.2. The maximum atomic E-state index is 13.2. The molecule has 1 heterocycles. The molecule has 2 rings (SSSR count). The van der Waals surface area contributed by atoms with Crippen molar-refractivity contribution < 1.29 is 9.50 Å². The molecule has 0 aliphatic heterocycles. The third kappa shape index (κ3) is 1.07. The average Bonchev–Trinajstić information content (AvgIpc) is 2.49. The lowest BCUT2D eigenvalue weighted by molar-refractivity contribution is 0.510. The summed E-state index contributed by atoms with van der Waals surface area (Å²) in [6.45, 7) is 3.30. The average molecular weight is 178 g/mol. The third-order valence-corrected chi connectivity index (χ3v) is 1.81. The Kier molecular flexibility index (Phi) is 1.55. The molecule has 2 N–H and O–H groups in total. The molecular weight excluding hydrogens is 171 g/mol. The van der Waals surface area contributed by atoms with Gasteiger partial charge in [-0.25, -0.2) is 4.39 Å². The summed E-state index contributed by atoms with van der Waals surface area (Å²) in [5.41, 5.74) is 0.707. The van der Waals surface area contributed by atoms with Crippen molar-refractivity contribution in [3.8, 4) is 0 Å². The number of rotatable bonds is 1. The summed E-state index contributed by atoms with van der Waals surface area (Å²) in [5, 5.41) is 15.7. The molecule has 2 aromatic rings. The van der Waals surface area contributed by atoms with Crippen LogP contribution in [0.5, 0.6) is 0 Å². The standard InChI is InChI=1S/C9H7FN2O/c1-5(13)9-8-6(10)3-2-4-7(8)11-12-9/h2-4,13H,1H2,(H,11,12). The Balaban J connectivity index is 2.86. The number of nitrogens with zero attached hydrogens (tertiary/aromatic N) is 1. The van der Waals surface area contributed by atoms with E-state index in [0.717, 1.165) is 0 Å². The molecule has 0 fully saturated rings. The van der Waals surface area contributed by atoms with E-state index in [-0.39, 0.29) is 16.8 Å². The van der Waals surface area contributed by atoms with Crippen molar-refractivity contribution in [2.75, 3.05) is 0 Å². The van der Waals surface area contributed by atoms with Crippen molar-refractivity contribution in [3.05, 3.63) is 36.3 Å². The lowest BCUT2D eigenvalue weighted by Crippen LogP contribution is -1.83. The van der Waals surface area contributed by atoms with Gasteiger partial charge in [-0.3, -0.25) is 5.10 Å². The predicted molar refractivity (Wildman–Crippen MR) is 47.7 cm³/mol. The summed E-state index contributed by atoms with van der Waals surface area (Å²) in [7, 11) is 0. The number of hydrogen-bond donors (Lipinski definition) is 2. The molecule has 13 heavy (non-hydrogen) atoms. The second kappa shape index (κ2) is 2.58. The van der Waals surface area contributed by atoms with E-state index in [1.165, 1.54) is 6.07 Å². The molecule has 0 atom stereocenters. The smallest absolute Gasteiger partial charge is 0.137 e. The number of fused-ring (bicyclic) bond motifs is 1. The molecule has 0 unspecified atom stereocenters. The van der Waals surface area contributed by atoms with Gasteiger partial charge in [0.25, 0.3) is 0 Å². The number of benzene rings is 1. The summed E-state index contributed by atoms with van der Waals surface area (Å²) >= 11 is 0. The minimum atomic E-state index is -0.420. The van der Waals surface area contributed by atoms with Gasteiger partial charge in [0.15, 0.2) is 0 Å². The number of aliphatic hydroxyl groups excluding tert-OH is 1. The number of aliphatic hydroxyl groups is 1. The van der Waals surface area contributed by atoms with Gasteiger partial charge >= 0.3 is 0 Å². The first-order chi connectivity index (χ1) is 6.20. The highest BCUT2D eigenvalue weighted by atomic mass is 19.1. The fraction of sp³-hybridized carbons (Fsp3) is 0. The Labute approximate surface area is 73.5 Å². The maximum Gasteiger partial charge on any atom is 0.137 e. The molecule has 3 nitrogen and oxygen atoms in total. The van der Waals surface area contributed by atoms with E-state index in [0.29, 0.717) is 5.52 Å². The van der Waals surface area contributed by atoms with E-state index < -0.39 is 5.82 Å². The van der Waals surface area contributed by atoms with Crippen LogP contribution in [0.1, 0.15) is 5.69 Å². The van der Waals surface area contributed by atoms with Crippen LogP contribution in [0.3, 0.4) is 0 Å². The molecule has 0 spiro atoms. The number of aromatic nitrogens is 2. The minimum Gasteiger partial charge on any atom is -0.506 e. The molecule has 4 heteroatoms. The molecule has 0 amide bonds. The van der Waals surface area contributed by atoms with Crippen molar-refractivity contribution >= 4 is 16.7 Å². The summed E-state index contributed by atoms with van der Waals surface area (Å²) in [6.07, 6.45) is 0. The van der Waals surface area contributed by atoms with Gasteiger partial charge in [0.1, 0.15) is 17.3 Å². The van der Waals surface area contributed by atoms with Crippen LogP contribution in [0, 0.1) is 5.82 Å². The lowest BCUT2D eigenvalue weighted by atomic mass is 10.2. The maximum absolute atomic E-state index is 13.2. The van der Waals surface area contributed by atoms with Crippen LogP contribution in [0.4, 0.5) is 4.39 Å². The molecule has 0 aliphatic carbocycles. The summed E-state index contributed by atoms with van der Waals surface area (Å²) in [5.74, 6) is -0.659. The van der Waals surface area contributed by atoms with Crippen LogP contribution in [0.25, 0.3) is 16.7 Å². The van der Waals surface area contributed by atoms with Gasteiger partial charge < -0.3 is 5.11 Å². The first kappa shape index (κ1) is 7.79. The van der Waals surface area contributed by atoms with Gasteiger partial charge in [0.05, 0.1) is 10.9 Å². The molecule has 66 valence electrons. The van der Waals surface area contributed by atoms with Gasteiger partial charge in [-0.05, 0) is 12.1 Å². The summed E-state index contributed by atoms with van der Waals surface area (Å²) in [6, 6.07) is 4.56. The zero-order valence-corrected chi connectivity index (χ0v) is 6.71. The van der Waals surface area contributed by atoms with Crippen LogP contribution >= 0.6 is 0 Å². The van der Waals surface area contributed by atoms with E-state index in [9.17, 15) is 4.39 Å². The zero-order chi connectivity index (χ0) is 9.42. The monoisotopic (exact) mass is 178 g/mol. The first-order valence-electron chi connectivity index (χ1n) is 3.71. The van der Waals surface area contributed by atoms with E-state index in [2.05, 4.69) is 16.8 Å². The molecule has 1 aromatic carbocycles. The molecule has 0 saturated heterocycles. The Bertz CT molecular complexity index is 475. The number of halogens is 1. The van der Waals surface area contributed by atoms with E-state index in [1.54, 1.807) is 12.1 Å². The van der Waals surface area contributed by atoms with Gasteiger partial charge in [0, 0.05) is 0 Å². The molecule has 0 radical (unpaired) electrons. The zero-order valence-electron chi connectivity index (χ0n) is 6.71. The van der Waals surface area contributed by atoms with E-state index >= 15 is 0 Å². The Morgan fingerprint density at radius 3 is 3.00 bits per heavy atom. The number of hydrogen-bond acceptors (Lipinski definition) is 2. The highest BCUT2D eigenvalue weighted by Gasteiger charge is 2.11. The van der Waals surface area contributed by atoms with E-state index in [1.807, 2.05) is 0 Å². The largest absolute Gasteiger partial charge is 0.506 e. The Hall–Kier alpha value is -1.84. The van der Waals surface area contributed by atoms with Crippen molar-refractivity contribution in [2.24, 2.45) is 0 Å². The number of H-pyrrole nitrogens is 1. The van der Waals surface area contributed by atoms with Crippen molar-refractivity contribution in [3.63, 3.8) is 0 Å². The minimum absolute atomic E-state index is 0.160. The van der Waals surface area contributed by atoms with Crippen LogP contribution in [-0.4, -0.2) is 15.3 Å². The van der Waals surface area contributed by atoms with Crippen molar-refractivity contribution in [1.82, 2.24) is 10.2 Å². The quantitative estimate of drug-likeness (QED) is 0.658. The molecule has 0 aliphatic rings. The van der Waals surface area contributed by atoms with Crippen LogP contribution < -0.4 is 0 Å². The van der Waals surface area contributed by atoms with Crippen LogP contribution in [-0.2, 0) is 0 Å². The first-order valence-corrected chi connectivity index (χ1v) is 3.71. The van der Waals surface area contributed by atoms with Gasteiger partial charge in [-0.1, -0.05) is 12.6 Å². The number of nitrogens with one attached hydrogen (secondary N) is 1. The lowest BCUT2D eigenvalue weighted by Gasteiger charge is -1.94. The van der Waals surface area contributed by atoms with Crippen LogP contribution in [0.15, 0.2) is 24.8 Å². The molecule has 1 aromatic heterocycles. The van der Waals surface area contributed by atoms with E-state index in [4.69, 9.17) is 5.11 Å². The Morgan fingerprint density at radius 2 is 2.31 bits per heavy atom. The topological polar surface area (TPSA) is 48.9 Å². The van der Waals surface area contributed by atoms with Crippen molar-refractivity contribution in [2.45, 2.75) is 0 Å². The fourth-order valence-electron chi connectivity index (χ4n) is 1.24. The summed E-state index contributed by atoms with van der Waals surface area (Å²) in [4.78, 5) is 0. The highest BCUT2D eigenvalue weighted by molar-refractivity contribution is 5.88. The predicted octanol–water partition coefficient (Wildman–Crippen LogP) is 2.23. The number of aromatic amines is 1. The second-order valence-corrected chi connectivity index (χ2v) is 2.68. The SMILES string of the molecule is C=C(O)c1n[nH]c2cccc(F)c12. The molecule has 0 saturated carbocycles. The van der Waals surface area contributed by atoms with Gasteiger partial charge in [0.2, 0.25) is 0 Å². The van der Waals surface area contributed by atoms with Crippen LogP contribution in [0.2, 0.25) is 0 Å². The third-order valence-electron chi connectivity index (χ3n) is 1.81. The van der Waals surface area contributed by atoms with Gasteiger partial charge in [-0.2, -0.15) is 5.10 Å². The molecular formula is C9H7FN2O. The second-order valence-electron chi connectivity index (χ2n) is 2.68. The van der Waals surface area contributed by atoms with Crippen molar-refractivity contribution in [1.29, 1.82) is 0 Å². The highest BCUT2D eigenvalue weighted by Crippen LogP contribution is 2.22. The fourth-order valence-corrected chi connectivity index (χ4v) is 1.24. The molecule has 0 bridgehead atoms. The Morgan fingerprint density at radius 1 is 1.54 bits per heavy atom. The normalized spacial score (nSPS) is 10.5. The van der Waals surface area contributed by atoms with Gasteiger partial charge in [-0.15, -0.1) is 0 Å².